The van der Waals surface area contributed by atoms with Crippen LogP contribution in [0.3, 0.4) is 0 Å². The molecule has 4 heteroatoms. The van der Waals surface area contributed by atoms with Crippen LogP contribution in [0.4, 0.5) is 5.69 Å². The van der Waals surface area contributed by atoms with Gasteiger partial charge in [-0.05, 0) is 35.9 Å². The number of carbonyl (C=O) groups is 1. The summed E-state index contributed by atoms with van der Waals surface area (Å²) >= 11 is 0. The number of hydrogen-bond acceptors (Lipinski definition) is 3. The van der Waals surface area contributed by atoms with Gasteiger partial charge in [-0.1, -0.05) is 24.3 Å². The molecule has 0 aliphatic rings. The van der Waals surface area contributed by atoms with E-state index in [9.17, 15) is 4.79 Å². The lowest BCUT2D eigenvalue weighted by Gasteiger charge is -2.08. The number of nitrogens with two attached hydrogens (primary N) is 1. The summed E-state index contributed by atoms with van der Waals surface area (Å²) in [6.45, 7) is 0.413. The molecule has 21 heavy (non-hydrogen) atoms. The zero-order chi connectivity index (χ0) is 14.7. The molecule has 0 aliphatic heterocycles. The van der Waals surface area contributed by atoms with Crippen molar-refractivity contribution in [2.75, 3.05) is 5.73 Å². The smallest absolute Gasteiger partial charge is 0.251 e. The second kappa shape index (κ2) is 5.63. The third-order valence-electron chi connectivity index (χ3n) is 3.36. The molecule has 0 radical (unpaired) electrons. The first kappa shape index (κ1) is 13.1. The van der Waals surface area contributed by atoms with E-state index in [2.05, 4.69) is 10.3 Å². The Morgan fingerprint density at radius 1 is 1.10 bits per heavy atom. The lowest BCUT2D eigenvalue weighted by atomic mass is 10.1. The van der Waals surface area contributed by atoms with E-state index < -0.39 is 0 Å². The van der Waals surface area contributed by atoms with E-state index in [1.165, 1.54) is 0 Å². The van der Waals surface area contributed by atoms with Gasteiger partial charge in [0.1, 0.15) is 0 Å². The largest absolute Gasteiger partial charge is 0.398 e. The summed E-state index contributed by atoms with van der Waals surface area (Å²) in [7, 11) is 0. The molecule has 0 bridgehead atoms. The maximum absolute atomic E-state index is 12.2. The number of nitrogen functional groups attached to an aromatic ring is 1. The topological polar surface area (TPSA) is 68.0 Å². The summed E-state index contributed by atoms with van der Waals surface area (Å²) in [6, 6.07) is 16.8. The predicted molar refractivity (Wildman–Crippen MR) is 83.8 cm³/mol. The summed E-state index contributed by atoms with van der Waals surface area (Å²) < 4.78 is 0. The first-order chi connectivity index (χ1) is 10.2. The van der Waals surface area contributed by atoms with Gasteiger partial charge in [0.15, 0.2) is 0 Å². The van der Waals surface area contributed by atoms with Crippen LogP contribution in [0.1, 0.15) is 15.9 Å². The van der Waals surface area contributed by atoms with Gasteiger partial charge < -0.3 is 11.1 Å². The minimum atomic E-state index is -0.121. The highest BCUT2D eigenvalue weighted by Crippen LogP contribution is 2.14. The van der Waals surface area contributed by atoms with Crippen molar-refractivity contribution in [3.63, 3.8) is 0 Å². The van der Waals surface area contributed by atoms with E-state index in [-0.39, 0.29) is 5.91 Å². The number of nitrogens with one attached hydrogen (secondary N) is 1. The van der Waals surface area contributed by atoms with E-state index in [0.717, 1.165) is 16.5 Å². The molecular weight excluding hydrogens is 262 g/mol. The van der Waals surface area contributed by atoms with Crippen LogP contribution < -0.4 is 11.1 Å². The van der Waals surface area contributed by atoms with E-state index in [4.69, 9.17) is 5.73 Å². The molecule has 104 valence electrons. The van der Waals surface area contributed by atoms with E-state index >= 15 is 0 Å². The second-order valence-corrected chi connectivity index (χ2v) is 4.79. The standard InChI is InChI=1S/C17H15N3O/c18-15-6-2-1-4-14(15)11-20-17(21)13-7-8-16-12(10-13)5-3-9-19-16/h1-10H,11,18H2,(H,20,21). The molecule has 3 aromatic rings. The van der Waals surface area contributed by atoms with Gasteiger partial charge in [-0.2, -0.15) is 0 Å². The highest BCUT2D eigenvalue weighted by Gasteiger charge is 2.07. The van der Waals surface area contributed by atoms with Crippen LogP contribution >= 0.6 is 0 Å². The lowest BCUT2D eigenvalue weighted by molar-refractivity contribution is 0.0951. The Labute approximate surface area is 122 Å². The van der Waals surface area contributed by atoms with Gasteiger partial charge in [-0.25, -0.2) is 0 Å². The number of anilines is 1. The third kappa shape index (κ3) is 2.84. The molecule has 0 fully saturated rings. The molecule has 3 rings (SSSR count). The Hall–Kier alpha value is -2.88. The van der Waals surface area contributed by atoms with Crippen LogP contribution in [0.2, 0.25) is 0 Å². The average Bonchev–Trinajstić information content (AvgIpc) is 2.53. The molecule has 1 amide bonds. The monoisotopic (exact) mass is 277 g/mol. The maximum Gasteiger partial charge on any atom is 0.251 e. The van der Waals surface area contributed by atoms with Crippen molar-refractivity contribution in [2.45, 2.75) is 6.54 Å². The summed E-state index contributed by atoms with van der Waals surface area (Å²) in [5, 5.41) is 3.83. The third-order valence-corrected chi connectivity index (χ3v) is 3.36. The molecule has 4 nitrogen and oxygen atoms in total. The summed E-state index contributed by atoms with van der Waals surface area (Å²) in [6.07, 6.45) is 1.74. The number of pyridine rings is 1. The van der Waals surface area contributed by atoms with Crippen molar-refractivity contribution in [1.82, 2.24) is 10.3 Å². The Morgan fingerprint density at radius 2 is 1.95 bits per heavy atom. The molecule has 0 atom stereocenters. The molecule has 0 spiro atoms. The number of benzene rings is 2. The number of aromatic nitrogens is 1. The minimum Gasteiger partial charge on any atom is -0.398 e. The zero-order valence-electron chi connectivity index (χ0n) is 11.4. The number of hydrogen-bond donors (Lipinski definition) is 2. The molecule has 0 unspecified atom stereocenters. The van der Waals surface area contributed by atoms with Gasteiger partial charge in [-0.3, -0.25) is 9.78 Å². The van der Waals surface area contributed by atoms with Gasteiger partial charge >= 0.3 is 0 Å². The van der Waals surface area contributed by atoms with Crippen molar-refractivity contribution in [2.24, 2.45) is 0 Å². The van der Waals surface area contributed by atoms with Crippen molar-refractivity contribution < 1.29 is 4.79 Å². The first-order valence-corrected chi connectivity index (χ1v) is 6.70. The van der Waals surface area contributed by atoms with Crippen LogP contribution in [0.15, 0.2) is 60.8 Å². The number of amides is 1. The van der Waals surface area contributed by atoms with E-state index in [1.807, 2.05) is 48.5 Å². The van der Waals surface area contributed by atoms with Gasteiger partial charge in [-0.15, -0.1) is 0 Å². The van der Waals surface area contributed by atoms with Gasteiger partial charge in [0.05, 0.1) is 5.52 Å². The maximum atomic E-state index is 12.2. The molecule has 3 N–H and O–H groups in total. The quantitative estimate of drug-likeness (QED) is 0.723. The molecule has 0 saturated carbocycles. The molecule has 0 aliphatic carbocycles. The molecule has 2 aromatic carbocycles. The lowest BCUT2D eigenvalue weighted by Crippen LogP contribution is -2.23. The summed E-state index contributed by atoms with van der Waals surface area (Å²) in [4.78, 5) is 16.4. The van der Waals surface area contributed by atoms with Gasteiger partial charge in [0.25, 0.3) is 5.91 Å². The Bertz CT molecular complexity index is 799. The fourth-order valence-corrected chi connectivity index (χ4v) is 2.19. The van der Waals surface area contributed by atoms with E-state index in [1.54, 1.807) is 12.3 Å². The molecular formula is C17H15N3O. The van der Waals surface area contributed by atoms with Crippen LogP contribution in [0.5, 0.6) is 0 Å². The number of fused-ring (bicyclic) bond motifs is 1. The van der Waals surface area contributed by atoms with Crippen LogP contribution in [-0.2, 0) is 6.54 Å². The van der Waals surface area contributed by atoms with Crippen LogP contribution in [-0.4, -0.2) is 10.9 Å². The van der Waals surface area contributed by atoms with Gasteiger partial charge in [0.2, 0.25) is 0 Å². The highest BCUT2D eigenvalue weighted by molar-refractivity contribution is 5.97. The fourth-order valence-electron chi connectivity index (χ4n) is 2.19. The predicted octanol–water partition coefficient (Wildman–Crippen LogP) is 2.75. The number of rotatable bonds is 3. The summed E-state index contributed by atoms with van der Waals surface area (Å²) in [5.41, 5.74) is 8.94. The van der Waals surface area contributed by atoms with Crippen LogP contribution in [0, 0.1) is 0 Å². The zero-order valence-corrected chi connectivity index (χ0v) is 11.4. The Morgan fingerprint density at radius 3 is 2.81 bits per heavy atom. The van der Waals surface area contributed by atoms with Crippen molar-refractivity contribution in [3.8, 4) is 0 Å². The highest BCUT2D eigenvalue weighted by atomic mass is 16.1. The molecule has 1 aromatic heterocycles. The number of para-hydroxylation sites is 1. The molecule has 0 saturated heterocycles. The molecule has 1 heterocycles. The Kier molecular flexibility index (Phi) is 3.51. The average molecular weight is 277 g/mol. The number of nitrogens with zero attached hydrogens (tertiary/aromatic N) is 1. The SMILES string of the molecule is Nc1ccccc1CNC(=O)c1ccc2ncccc2c1. The van der Waals surface area contributed by atoms with Crippen molar-refractivity contribution in [1.29, 1.82) is 0 Å². The number of carbonyl (C=O) groups excluding carboxylic acids is 1. The first-order valence-electron chi connectivity index (χ1n) is 6.70. The van der Waals surface area contributed by atoms with Crippen molar-refractivity contribution >= 4 is 22.5 Å². The van der Waals surface area contributed by atoms with Crippen molar-refractivity contribution in [3.05, 3.63) is 71.9 Å². The normalized spacial score (nSPS) is 10.5. The fraction of sp³-hybridized carbons (Fsp3) is 0.0588. The minimum absolute atomic E-state index is 0.121. The Balaban J connectivity index is 1.76. The van der Waals surface area contributed by atoms with E-state index in [0.29, 0.717) is 17.8 Å². The van der Waals surface area contributed by atoms with Crippen LogP contribution in [0.25, 0.3) is 10.9 Å². The second-order valence-electron chi connectivity index (χ2n) is 4.79. The summed E-state index contributed by atoms with van der Waals surface area (Å²) in [5.74, 6) is -0.121. The van der Waals surface area contributed by atoms with Gasteiger partial charge in [0, 0.05) is 29.4 Å².